The smallest absolute Gasteiger partial charge is 0.349 e. The number of halogens is 1. The summed E-state index contributed by atoms with van der Waals surface area (Å²) in [4.78, 5) is 11.7. The monoisotopic (exact) mass is 409 g/mol. The predicted octanol–water partition coefficient (Wildman–Crippen LogP) is 4.03. The largest absolute Gasteiger partial charge is 0.497 e. The first-order valence-electron chi connectivity index (χ1n) is 7.92. The van der Waals surface area contributed by atoms with Gasteiger partial charge < -0.3 is 9.47 Å². The topological polar surface area (TPSA) is 81.7 Å². The van der Waals surface area contributed by atoms with E-state index in [1.165, 1.54) is 25.3 Å². The molecule has 1 N–H and O–H groups in total. The lowest BCUT2D eigenvalue weighted by Gasteiger charge is -2.10. The van der Waals surface area contributed by atoms with Crippen molar-refractivity contribution in [2.45, 2.75) is 11.8 Å². The van der Waals surface area contributed by atoms with Crippen molar-refractivity contribution in [2.24, 2.45) is 0 Å². The van der Waals surface area contributed by atoms with E-state index in [9.17, 15) is 17.6 Å². The summed E-state index contributed by atoms with van der Waals surface area (Å²) in [5, 5.41) is -0.133. The minimum absolute atomic E-state index is 0.0704. The molecule has 142 valence electrons. The Morgan fingerprint density at radius 3 is 2.52 bits per heavy atom. The first-order valence-corrected chi connectivity index (χ1v) is 10.2. The van der Waals surface area contributed by atoms with Crippen molar-refractivity contribution in [2.75, 3.05) is 18.4 Å². The number of esters is 1. The maximum atomic E-state index is 14.4. The highest BCUT2D eigenvalue weighted by atomic mass is 32.2. The van der Waals surface area contributed by atoms with E-state index in [0.717, 1.165) is 17.4 Å². The molecular formula is C18H16FNO5S2. The number of hydrogen-bond donors (Lipinski definition) is 1. The van der Waals surface area contributed by atoms with E-state index >= 15 is 0 Å². The van der Waals surface area contributed by atoms with Gasteiger partial charge in [0.25, 0.3) is 10.0 Å². The molecule has 0 amide bonds. The molecule has 3 rings (SSSR count). The second-order valence-electron chi connectivity index (χ2n) is 5.43. The summed E-state index contributed by atoms with van der Waals surface area (Å²) >= 11 is 0.876. The van der Waals surface area contributed by atoms with Crippen molar-refractivity contribution in [3.05, 3.63) is 53.2 Å². The van der Waals surface area contributed by atoms with Crippen molar-refractivity contribution < 1.29 is 27.1 Å². The van der Waals surface area contributed by atoms with Gasteiger partial charge in [0.1, 0.15) is 21.3 Å². The van der Waals surface area contributed by atoms with Crippen LogP contribution in [0.3, 0.4) is 0 Å². The summed E-state index contributed by atoms with van der Waals surface area (Å²) in [7, 11) is -2.76. The fourth-order valence-corrected chi connectivity index (χ4v) is 5.41. The Kier molecular flexibility index (Phi) is 5.33. The van der Waals surface area contributed by atoms with Gasteiger partial charge in [-0.3, -0.25) is 4.72 Å². The number of carbonyl (C=O) groups excluding carboxylic acids is 1. The molecule has 0 radical (unpaired) electrons. The first kappa shape index (κ1) is 19.1. The third kappa shape index (κ3) is 3.74. The fraction of sp³-hybridized carbons (Fsp3) is 0.167. The number of benzene rings is 2. The summed E-state index contributed by atoms with van der Waals surface area (Å²) < 4.78 is 53.1. The number of thiophene rings is 1. The number of rotatable bonds is 6. The molecule has 1 aromatic heterocycles. The number of anilines is 1. The first-order chi connectivity index (χ1) is 12.9. The van der Waals surface area contributed by atoms with E-state index in [-0.39, 0.29) is 22.6 Å². The molecule has 3 aromatic rings. The molecule has 0 spiro atoms. The number of sulfonamides is 1. The number of fused-ring (bicyclic) bond motifs is 1. The van der Waals surface area contributed by atoms with Crippen molar-refractivity contribution >= 4 is 43.1 Å². The maximum Gasteiger partial charge on any atom is 0.349 e. The van der Waals surface area contributed by atoms with Crippen LogP contribution in [0.5, 0.6) is 5.75 Å². The predicted molar refractivity (Wildman–Crippen MR) is 102 cm³/mol. The van der Waals surface area contributed by atoms with Crippen LogP contribution in [-0.4, -0.2) is 28.1 Å². The van der Waals surface area contributed by atoms with Gasteiger partial charge in [0.15, 0.2) is 0 Å². The van der Waals surface area contributed by atoms with Crippen LogP contribution >= 0.6 is 11.3 Å². The van der Waals surface area contributed by atoms with Crippen molar-refractivity contribution in [3.63, 3.8) is 0 Å². The fourth-order valence-electron chi connectivity index (χ4n) is 2.53. The van der Waals surface area contributed by atoms with E-state index < -0.39 is 26.7 Å². The lowest BCUT2D eigenvalue weighted by Crippen LogP contribution is -2.16. The van der Waals surface area contributed by atoms with Crippen LogP contribution in [-0.2, 0) is 14.8 Å². The number of carbonyl (C=O) groups is 1. The molecule has 0 aliphatic carbocycles. The van der Waals surface area contributed by atoms with Gasteiger partial charge in [-0.05, 0) is 43.3 Å². The number of nitrogens with one attached hydrogen (secondary N) is 1. The van der Waals surface area contributed by atoms with E-state index in [1.807, 2.05) is 0 Å². The van der Waals surface area contributed by atoms with E-state index in [1.54, 1.807) is 25.1 Å². The van der Waals surface area contributed by atoms with Crippen LogP contribution in [0.15, 0.2) is 47.4 Å². The lowest BCUT2D eigenvalue weighted by atomic mass is 10.2. The Labute approximate surface area is 159 Å². The molecule has 0 saturated heterocycles. The second kappa shape index (κ2) is 7.53. The lowest BCUT2D eigenvalue weighted by molar-refractivity contribution is 0.0528. The highest BCUT2D eigenvalue weighted by Gasteiger charge is 2.31. The highest BCUT2D eigenvalue weighted by molar-refractivity contribution is 7.93. The van der Waals surface area contributed by atoms with Crippen molar-refractivity contribution in [1.29, 1.82) is 0 Å². The van der Waals surface area contributed by atoms with Gasteiger partial charge in [-0.2, -0.15) is 0 Å². The molecule has 0 aliphatic heterocycles. The summed E-state index contributed by atoms with van der Waals surface area (Å²) in [6.07, 6.45) is 0. The van der Waals surface area contributed by atoms with Crippen LogP contribution < -0.4 is 9.46 Å². The Morgan fingerprint density at radius 1 is 1.19 bits per heavy atom. The number of methoxy groups -OCH3 is 1. The maximum absolute atomic E-state index is 14.4. The average Bonchev–Trinajstić information content (AvgIpc) is 3.04. The van der Waals surface area contributed by atoms with E-state index in [0.29, 0.717) is 10.4 Å². The summed E-state index contributed by atoms with van der Waals surface area (Å²) in [6.45, 7) is 1.68. The molecule has 9 heteroatoms. The zero-order valence-electron chi connectivity index (χ0n) is 14.5. The summed E-state index contributed by atoms with van der Waals surface area (Å²) in [6, 6.07) is 10.3. The molecule has 0 bridgehead atoms. The van der Waals surface area contributed by atoms with Crippen LogP contribution in [0.25, 0.3) is 10.1 Å². The Morgan fingerprint density at radius 2 is 1.89 bits per heavy atom. The Balaban J connectivity index is 2.14. The van der Waals surface area contributed by atoms with Crippen molar-refractivity contribution in [3.8, 4) is 5.75 Å². The number of ether oxygens (including phenoxy) is 2. The molecule has 0 atom stereocenters. The van der Waals surface area contributed by atoms with Gasteiger partial charge >= 0.3 is 5.97 Å². The Bertz CT molecular complexity index is 1090. The normalized spacial score (nSPS) is 11.4. The van der Waals surface area contributed by atoms with Gasteiger partial charge in [-0.25, -0.2) is 17.6 Å². The van der Waals surface area contributed by atoms with Gasteiger partial charge in [-0.15, -0.1) is 11.3 Å². The van der Waals surface area contributed by atoms with Crippen LogP contribution in [0.4, 0.5) is 10.1 Å². The zero-order valence-corrected chi connectivity index (χ0v) is 16.1. The van der Waals surface area contributed by atoms with Crippen LogP contribution in [0, 0.1) is 5.82 Å². The molecule has 27 heavy (non-hydrogen) atoms. The van der Waals surface area contributed by atoms with E-state index in [2.05, 4.69) is 4.72 Å². The third-order valence-electron chi connectivity index (χ3n) is 3.69. The minimum atomic E-state index is -4.25. The molecule has 0 unspecified atom stereocenters. The van der Waals surface area contributed by atoms with Crippen molar-refractivity contribution in [1.82, 2.24) is 0 Å². The highest BCUT2D eigenvalue weighted by Crippen LogP contribution is 2.37. The summed E-state index contributed by atoms with van der Waals surface area (Å²) in [5.74, 6) is -0.986. The van der Waals surface area contributed by atoms with Gasteiger partial charge in [0, 0.05) is 15.8 Å². The molecule has 2 aromatic carbocycles. The summed E-state index contributed by atoms with van der Waals surface area (Å²) in [5.41, 5.74) is 0.251. The van der Waals surface area contributed by atoms with Gasteiger partial charge in [0.2, 0.25) is 0 Å². The van der Waals surface area contributed by atoms with E-state index in [4.69, 9.17) is 9.47 Å². The van der Waals surface area contributed by atoms with Crippen LogP contribution in [0.1, 0.15) is 16.6 Å². The third-order valence-corrected chi connectivity index (χ3v) is 6.41. The van der Waals surface area contributed by atoms with Gasteiger partial charge in [0.05, 0.1) is 13.7 Å². The molecule has 6 nitrogen and oxygen atoms in total. The standard InChI is InChI=1S/C18H16FNO5S2/c1-3-25-18(21)16-17(15-13(19)5-4-6-14(15)26-16)27(22,23)20-11-7-9-12(24-2)10-8-11/h4-10,20H,3H2,1-2H3. The molecule has 1 heterocycles. The van der Waals surface area contributed by atoms with Gasteiger partial charge in [-0.1, -0.05) is 6.07 Å². The SMILES string of the molecule is CCOC(=O)c1sc2cccc(F)c2c1S(=O)(=O)Nc1ccc(OC)cc1. The molecular weight excluding hydrogens is 393 g/mol. The quantitative estimate of drug-likeness (QED) is 0.622. The second-order valence-corrected chi connectivity index (χ2v) is 8.10. The molecule has 0 aliphatic rings. The molecule has 0 fully saturated rings. The average molecular weight is 409 g/mol. The zero-order chi connectivity index (χ0) is 19.6. The minimum Gasteiger partial charge on any atom is -0.497 e. The number of hydrogen-bond acceptors (Lipinski definition) is 6. The Hall–Kier alpha value is -2.65. The van der Waals surface area contributed by atoms with Crippen LogP contribution in [0.2, 0.25) is 0 Å². The molecule has 0 saturated carbocycles.